The normalized spacial score (nSPS) is 16.4. The summed E-state index contributed by atoms with van der Waals surface area (Å²) in [5, 5.41) is 4.20. The molecular weight excluding hydrogens is 402 g/mol. The van der Waals surface area contributed by atoms with E-state index in [2.05, 4.69) is 36.1 Å². The van der Waals surface area contributed by atoms with Gasteiger partial charge in [0.05, 0.1) is 13.0 Å². The number of carbonyl (C=O) groups excluding carboxylic acids is 1. The van der Waals surface area contributed by atoms with Crippen LogP contribution in [-0.2, 0) is 11.2 Å². The molecule has 4 rings (SSSR count). The monoisotopic (exact) mass is 433 g/mol. The summed E-state index contributed by atoms with van der Waals surface area (Å²) in [5.74, 6) is 2.81. The van der Waals surface area contributed by atoms with E-state index in [0.29, 0.717) is 30.6 Å². The van der Waals surface area contributed by atoms with Gasteiger partial charge in [-0.3, -0.25) is 4.79 Å². The van der Waals surface area contributed by atoms with Gasteiger partial charge in [-0.1, -0.05) is 55.4 Å². The fourth-order valence-electron chi connectivity index (χ4n) is 4.14. The van der Waals surface area contributed by atoms with Crippen LogP contribution >= 0.6 is 0 Å². The molecule has 2 aromatic carbocycles. The predicted octanol–water partition coefficient (Wildman–Crippen LogP) is 5.21. The molecule has 32 heavy (non-hydrogen) atoms. The summed E-state index contributed by atoms with van der Waals surface area (Å²) in [6, 6.07) is 16.2. The number of amides is 1. The molecule has 0 N–H and O–H groups in total. The molecule has 0 spiro atoms. The minimum atomic E-state index is 0.0878. The average molecular weight is 434 g/mol. The first kappa shape index (κ1) is 22.1. The first-order valence-electron chi connectivity index (χ1n) is 11.4. The van der Waals surface area contributed by atoms with Gasteiger partial charge < -0.3 is 14.2 Å². The Morgan fingerprint density at radius 3 is 2.59 bits per heavy atom. The molecule has 1 saturated heterocycles. The molecule has 0 aliphatic carbocycles. The molecule has 1 aliphatic heterocycles. The summed E-state index contributed by atoms with van der Waals surface area (Å²) in [6.07, 6.45) is 3.12. The van der Waals surface area contributed by atoms with E-state index in [9.17, 15) is 4.79 Å². The number of likely N-dealkylation sites (tertiary alicyclic amines) is 1. The maximum atomic E-state index is 12.8. The highest BCUT2D eigenvalue weighted by Crippen LogP contribution is 2.28. The van der Waals surface area contributed by atoms with Gasteiger partial charge in [-0.2, -0.15) is 4.98 Å². The summed E-state index contributed by atoms with van der Waals surface area (Å²) < 4.78 is 10.8. The SMILES string of the molecule is COc1ccc(CCC(=O)N2CCC[C@H](c3nc(-c4ccc(C(C)C)cc4)no3)C2)cc1. The van der Waals surface area contributed by atoms with Crippen molar-refractivity contribution in [3.05, 3.63) is 65.5 Å². The quantitative estimate of drug-likeness (QED) is 0.512. The molecule has 1 fully saturated rings. The lowest BCUT2D eigenvalue weighted by Crippen LogP contribution is -2.39. The lowest BCUT2D eigenvalue weighted by atomic mass is 9.97. The van der Waals surface area contributed by atoms with Crippen LogP contribution in [0.2, 0.25) is 0 Å². The number of carbonyl (C=O) groups is 1. The lowest BCUT2D eigenvalue weighted by molar-refractivity contribution is -0.132. The third-order valence-corrected chi connectivity index (χ3v) is 6.19. The van der Waals surface area contributed by atoms with Crippen molar-refractivity contribution in [3.63, 3.8) is 0 Å². The Balaban J connectivity index is 1.35. The van der Waals surface area contributed by atoms with Crippen LogP contribution in [-0.4, -0.2) is 41.1 Å². The first-order valence-corrected chi connectivity index (χ1v) is 11.4. The number of benzene rings is 2. The summed E-state index contributed by atoms with van der Waals surface area (Å²) >= 11 is 0. The average Bonchev–Trinajstić information content (AvgIpc) is 3.33. The van der Waals surface area contributed by atoms with Crippen LogP contribution in [0.3, 0.4) is 0 Å². The summed E-state index contributed by atoms with van der Waals surface area (Å²) in [4.78, 5) is 19.4. The van der Waals surface area contributed by atoms with Crippen LogP contribution in [0.5, 0.6) is 5.75 Å². The maximum absolute atomic E-state index is 12.8. The van der Waals surface area contributed by atoms with Crippen molar-refractivity contribution < 1.29 is 14.1 Å². The lowest BCUT2D eigenvalue weighted by Gasteiger charge is -2.31. The number of rotatable bonds is 7. The van der Waals surface area contributed by atoms with E-state index in [4.69, 9.17) is 9.26 Å². The molecule has 0 unspecified atom stereocenters. The van der Waals surface area contributed by atoms with Crippen LogP contribution < -0.4 is 4.74 Å². The van der Waals surface area contributed by atoms with Crippen LogP contribution in [0, 0.1) is 0 Å². The minimum absolute atomic E-state index is 0.0878. The van der Waals surface area contributed by atoms with Gasteiger partial charge in [-0.15, -0.1) is 0 Å². The van der Waals surface area contributed by atoms with E-state index in [1.165, 1.54) is 5.56 Å². The van der Waals surface area contributed by atoms with Crippen molar-refractivity contribution in [2.75, 3.05) is 20.2 Å². The van der Waals surface area contributed by atoms with Crippen LogP contribution in [0.4, 0.5) is 0 Å². The van der Waals surface area contributed by atoms with Gasteiger partial charge in [0.15, 0.2) is 0 Å². The van der Waals surface area contributed by atoms with E-state index in [1.54, 1.807) is 7.11 Å². The standard InChI is InChI=1S/C26H31N3O3/c1-18(2)20-9-11-21(12-10-20)25-27-26(32-28-25)22-5-4-16-29(17-22)24(30)15-8-19-6-13-23(31-3)14-7-19/h6-7,9-14,18,22H,4-5,8,15-17H2,1-3H3/t22-/m0/s1. The molecule has 1 amide bonds. The van der Waals surface area contributed by atoms with Crippen molar-refractivity contribution in [1.82, 2.24) is 15.0 Å². The molecule has 0 radical (unpaired) electrons. The molecule has 168 valence electrons. The predicted molar refractivity (Wildman–Crippen MR) is 124 cm³/mol. The smallest absolute Gasteiger partial charge is 0.231 e. The van der Waals surface area contributed by atoms with Crippen molar-refractivity contribution in [2.45, 2.75) is 51.4 Å². The van der Waals surface area contributed by atoms with Gasteiger partial charge in [0, 0.05) is 25.1 Å². The number of hydrogen-bond donors (Lipinski definition) is 0. The first-order chi connectivity index (χ1) is 15.5. The van der Waals surface area contributed by atoms with Gasteiger partial charge >= 0.3 is 0 Å². The zero-order chi connectivity index (χ0) is 22.5. The van der Waals surface area contributed by atoms with E-state index >= 15 is 0 Å². The molecule has 0 bridgehead atoms. The Bertz CT molecular complexity index is 1030. The molecule has 1 aliphatic rings. The van der Waals surface area contributed by atoms with Crippen LogP contribution in [0.1, 0.15) is 62.0 Å². The highest BCUT2D eigenvalue weighted by Gasteiger charge is 2.28. The number of piperidine rings is 1. The van der Waals surface area contributed by atoms with Crippen LogP contribution in [0.15, 0.2) is 53.1 Å². The maximum Gasteiger partial charge on any atom is 0.231 e. The van der Waals surface area contributed by atoms with Gasteiger partial charge in [-0.25, -0.2) is 0 Å². The van der Waals surface area contributed by atoms with Crippen molar-refractivity contribution in [1.29, 1.82) is 0 Å². The number of methoxy groups -OCH3 is 1. The van der Waals surface area contributed by atoms with E-state index in [1.807, 2.05) is 41.3 Å². The molecule has 3 aromatic rings. The van der Waals surface area contributed by atoms with E-state index in [-0.39, 0.29) is 11.8 Å². The number of aromatic nitrogens is 2. The summed E-state index contributed by atoms with van der Waals surface area (Å²) in [5.41, 5.74) is 3.37. The third kappa shape index (κ3) is 5.18. The number of nitrogens with zero attached hydrogens (tertiary/aromatic N) is 3. The molecule has 6 nitrogen and oxygen atoms in total. The molecule has 6 heteroatoms. The third-order valence-electron chi connectivity index (χ3n) is 6.19. The van der Waals surface area contributed by atoms with Crippen LogP contribution in [0.25, 0.3) is 11.4 Å². The van der Waals surface area contributed by atoms with Crippen molar-refractivity contribution >= 4 is 5.91 Å². The Morgan fingerprint density at radius 1 is 1.16 bits per heavy atom. The largest absolute Gasteiger partial charge is 0.497 e. The van der Waals surface area contributed by atoms with Gasteiger partial charge in [0.1, 0.15) is 5.75 Å². The number of hydrogen-bond acceptors (Lipinski definition) is 5. The zero-order valence-electron chi connectivity index (χ0n) is 19.1. The second-order valence-electron chi connectivity index (χ2n) is 8.76. The topological polar surface area (TPSA) is 68.5 Å². The Morgan fingerprint density at radius 2 is 1.91 bits per heavy atom. The number of aryl methyl sites for hydroxylation is 1. The Labute approximate surface area is 189 Å². The highest BCUT2D eigenvalue weighted by molar-refractivity contribution is 5.76. The van der Waals surface area contributed by atoms with Crippen molar-refractivity contribution in [2.24, 2.45) is 0 Å². The summed E-state index contributed by atoms with van der Waals surface area (Å²) in [7, 11) is 1.65. The zero-order valence-corrected chi connectivity index (χ0v) is 19.1. The molecular formula is C26H31N3O3. The second-order valence-corrected chi connectivity index (χ2v) is 8.76. The molecule has 2 heterocycles. The van der Waals surface area contributed by atoms with Gasteiger partial charge in [-0.05, 0) is 48.4 Å². The van der Waals surface area contributed by atoms with Gasteiger partial charge in [0.2, 0.25) is 17.6 Å². The van der Waals surface area contributed by atoms with E-state index in [0.717, 1.165) is 42.7 Å². The molecule has 0 saturated carbocycles. The molecule has 1 aromatic heterocycles. The van der Waals surface area contributed by atoms with E-state index < -0.39 is 0 Å². The Kier molecular flexibility index (Phi) is 6.88. The number of ether oxygens (including phenoxy) is 1. The second kappa shape index (κ2) is 9.98. The Hall–Kier alpha value is -3.15. The highest BCUT2D eigenvalue weighted by atomic mass is 16.5. The minimum Gasteiger partial charge on any atom is -0.497 e. The van der Waals surface area contributed by atoms with Crippen molar-refractivity contribution in [3.8, 4) is 17.1 Å². The van der Waals surface area contributed by atoms with Gasteiger partial charge in [0.25, 0.3) is 0 Å². The summed E-state index contributed by atoms with van der Waals surface area (Å²) in [6.45, 7) is 5.77. The fourth-order valence-corrected chi connectivity index (χ4v) is 4.14. The fraction of sp³-hybridized carbons (Fsp3) is 0.423. The molecule has 1 atom stereocenters.